The second-order valence-electron chi connectivity index (χ2n) is 9.97. The Hall–Kier alpha value is -2.37. The van der Waals surface area contributed by atoms with Crippen LogP contribution in [0.5, 0.6) is 0 Å². The van der Waals surface area contributed by atoms with Gasteiger partial charge in [-0.25, -0.2) is 28.7 Å². The van der Waals surface area contributed by atoms with Gasteiger partial charge in [0.05, 0.1) is 18.3 Å². The molecule has 0 saturated carbocycles. The maximum absolute atomic E-state index is 13.5. The molecule has 2 aromatic heterocycles. The van der Waals surface area contributed by atoms with E-state index in [4.69, 9.17) is 15.8 Å². The smallest absolute Gasteiger partial charge is 0.252 e. The lowest BCUT2D eigenvalue weighted by Gasteiger charge is -2.36. The summed E-state index contributed by atoms with van der Waals surface area (Å²) in [5.74, 6) is 0.896. The Morgan fingerprint density at radius 3 is 2.85 bits per heavy atom. The van der Waals surface area contributed by atoms with Crippen molar-refractivity contribution in [1.29, 1.82) is 0 Å². The Kier molecular flexibility index (Phi) is 6.43. The monoisotopic (exact) mass is 476 g/mol. The van der Waals surface area contributed by atoms with Crippen LogP contribution in [0.3, 0.4) is 0 Å². The van der Waals surface area contributed by atoms with Crippen LogP contribution < -0.4 is 16.1 Å². The number of halogens is 2. The zero-order chi connectivity index (χ0) is 24.0. The SMILES string of the molecule is Cc1cn2nc(C3CCCCN3C(=O)C3CC(C)N(CC(F)F)N3)cc2nc1N1CCC(N)C1. The number of piperidine rings is 1. The van der Waals surface area contributed by atoms with E-state index in [1.807, 2.05) is 31.0 Å². The van der Waals surface area contributed by atoms with Gasteiger partial charge in [-0.05, 0) is 46.0 Å². The maximum atomic E-state index is 13.5. The van der Waals surface area contributed by atoms with Gasteiger partial charge in [0.1, 0.15) is 11.9 Å². The summed E-state index contributed by atoms with van der Waals surface area (Å²) in [6, 6.07) is 1.39. The number of aryl methyl sites for hydroxylation is 1. The summed E-state index contributed by atoms with van der Waals surface area (Å²) >= 11 is 0. The van der Waals surface area contributed by atoms with E-state index < -0.39 is 12.5 Å². The summed E-state index contributed by atoms with van der Waals surface area (Å²) in [5.41, 5.74) is 11.7. The second-order valence-corrected chi connectivity index (χ2v) is 9.97. The van der Waals surface area contributed by atoms with Crippen LogP contribution in [-0.2, 0) is 4.79 Å². The van der Waals surface area contributed by atoms with Crippen LogP contribution in [0.1, 0.15) is 56.3 Å². The molecule has 3 aliphatic rings. The van der Waals surface area contributed by atoms with Gasteiger partial charge in [-0.2, -0.15) is 5.10 Å². The van der Waals surface area contributed by atoms with Crippen molar-refractivity contribution < 1.29 is 13.6 Å². The lowest BCUT2D eigenvalue weighted by Crippen LogP contribution is -2.50. The molecule has 1 amide bonds. The molecule has 186 valence electrons. The lowest BCUT2D eigenvalue weighted by atomic mass is 9.97. The molecule has 3 N–H and O–H groups in total. The molecule has 0 aromatic carbocycles. The number of fused-ring (bicyclic) bond motifs is 1. The highest BCUT2D eigenvalue weighted by atomic mass is 19.3. The molecule has 0 spiro atoms. The van der Waals surface area contributed by atoms with E-state index >= 15 is 0 Å². The number of hydrogen-bond acceptors (Lipinski definition) is 7. The van der Waals surface area contributed by atoms with E-state index in [0.717, 1.165) is 61.5 Å². The fraction of sp³-hybridized carbons (Fsp3) is 0.696. The fourth-order valence-corrected chi connectivity index (χ4v) is 5.57. The third-order valence-corrected chi connectivity index (χ3v) is 7.34. The first kappa shape index (κ1) is 23.4. The van der Waals surface area contributed by atoms with E-state index in [1.165, 1.54) is 5.01 Å². The highest BCUT2D eigenvalue weighted by molar-refractivity contribution is 5.82. The molecule has 0 aliphatic carbocycles. The summed E-state index contributed by atoms with van der Waals surface area (Å²) in [6.07, 6.45) is 3.78. The van der Waals surface area contributed by atoms with Gasteiger partial charge in [-0.3, -0.25) is 4.79 Å². The van der Waals surface area contributed by atoms with Crippen LogP contribution in [0.4, 0.5) is 14.6 Å². The lowest BCUT2D eigenvalue weighted by molar-refractivity contribution is -0.137. The maximum Gasteiger partial charge on any atom is 0.252 e. The van der Waals surface area contributed by atoms with E-state index in [9.17, 15) is 13.6 Å². The van der Waals surface area contributed by atoms with Crippen molar-refractivity contribution in [3.63, 3.8) is 0 Å². The normalized spacial score (nSPS) is 28.5. The number of carbonyl (C=O) groups is 1. The Morgan fingerprint density at radius 2 is 2.12 bits per heavy atom. The van der Waals surface area contributed by atoms with Crippen molar-refractivity contribution in [3.8, 4) is 0 Å². The Balaban J connectivity index is 1.37. The number of anilines is 1. The van der Waals surface area contributed by atoms with Crippen molar-refractivity contribution >= 4 is 17.4 Å². The summed E-state index contributed by atoms with van der Waals surface area (Å²) in [5, 5.41) is 6.29. The van der Waals surface area contributed by atoms with Gasteiger partial charge in [0.2, 0.25) is 5.91 Å². The number of hydrazine groups is 1. The molecule has 3 saturated heterocycles. The van der Waals surface area contributed by atoms with Crippen LogP contribution in [0.15, 0.2) is 12.3 Å². The number of nitrogens with two attached hydrogens (primary N) is 1. The number of likely N-dealkylation sites (tertiary alicyclic amines) is 1. The molecular formula is C23H34F2N8O. The van der Waals surface area contributed by atoms with Crippen molar-refractivity contribution in [3.05, 3.63) is 23.5 Å². The standard InChI is InChI=1S/C23H34F2N8O/c1-14-11-33-21(27-22(14)30-8-6-16(26)12-30)10-17(28-33)19-5-3-4-7-31(19)23(34)18-9-15(2)32(29-18)13-20(24)25/h10-11,15-16,18-20,29H,3-9,12-13,26H2,1-2H3. The van der Waals surface area contributed by atoms with Gasteiger partial charge in [0.25, 0.3) is 6.43 Å². The number of aromatic nitrogens is 3. The summed E-state index contributed by atoms with van der Waals surface area (Å²) in [7, 11) is 0. The van der Waals surface area contributed by atoms with Gasteiger partial charge in [-0.15, -0.1) is 0 Å². The van der Waals surface area contributed by atoms with Crippen molar-refractivity contribution in [1.82, 2.24) is 29.9 Å². The molecule has 3 aliphatic heterocycles. The van der Waals surface area contributed by atoms with Crippen LogP contribution in [0, 0.1) is 6.92 Å². The minimum absolute atomic E-state index is 0.0405. The number of alkyl halides is 2. The number of nitrogens with zero attached hydrogens (tertiary/aromatic N) is 6. The van der Waals surface area contributed by atoms with E-state index in [2.05, 4.69) is 10.3 Å². The Bertz CT molecular complexity index is 1050. The third kappa shape index (κ3) is 4.48. The van der Waals surface area contributed by atoms with Crippen molar-refractivity contribution in [2.24, 2.45) is 5.73 Å². The van der Waals surface area contributed by atoms with Gasteiger partial charge in [-0.1, -0.05) is 0 Å². The predicted molar refractivity (Wildman–Crippen MR) is 125 cm³/mol. The minimum atomic E-state index is -2.44. The van der Waals surface area contributed by atoms with Gasteiger partial charge in [0.15, 0.2) is 5.65 Å². The number of hydrogen-bond donors (Lipinski definition) is 2. The predicted octanol–water partition coefficient (Wildman–Crippen LogP) is 1.86. The molecule has 11 heteroatoms. The van der Waals surface area contributed by atoms with E-state index in [1.54, 1.807) is 4.52 Å². The van der Waals surface area contributed by atoms with Gasteiger partial charge < -0.3 is 15.5 Å². The Morgan fingerprint density at radius 1 is 1.29 bits per heavy atom. The third-order valence-electron chi connectivity index (χ3n) is 7.34. The topological polar surface area (TPSA) is 95.0 Å². The van der Waals surface area contributed by atoms with Crippen molar-refractivity contribution in [2.45, 2.75) is 76.5 Å². The molecule has 5 heterocycles. The molecular weight excluding hydrogens is 442 g/mol. The summed E-state index contributed by atoms with van der Waals surface area (Å²) < 4.78 is 27.6. The van der Waals surface area contributed by atoms with Crippen LogP contribution in [0.25, 0.3) is 5.65 Å². The van der Waals surface area contributed by atoms with Crippen molar-refractivity contribution in [2.75, 3.05) is 31.1 Å². The highest BCUT2D eigenvalue weighted by Gasteiger charge is 2.40. The first-order valence-electron chi connectivity index (χ1n) is 12.3. The number of carbonyl (C=O) groups excluding carboxylic acids is 1. The highest BCUT2D eigenvalue weighted by Crippen LogP contribution is 2.33. The molecule has 4 unspecified atom stereocenters. The molecule has 2 aromatic rings. The Labute approximate surface area is 198 Å². The molecule has 0 bridgehead atoms. The quantitative estimate of drug-likeness (QED) is 0.680. The molecule has 34 heavy (non-hydrogen) atoms. The molecule has 4 atom stereocenters. The van der Waals surface area contributed by atoms with Crippen LogP contribution >= 0.6 is 0 Å². The zero-order valence-corrected chi connectivity index (χ0v) is 19.8. The summed E-state index contributed by atoms with van der Waals surface area (Å²) in [4.78, 5) is 22.5. The second kappa shape index (κ2) is 9.35. The molecule has 3 fully saturated rings. The van der Waals surface area contributed by atoms with E-state index in [-0.39, 0.29) is 30.6 Å². The minimum Gasteiger partial charge on any atom is -0.355 e. The van der Waals surface area contributed by atoms with Crippen LogP contribution in [-0.4, -0.2) is 81.1 Å². The average Bonchev–Trinajstić information content (AvgIpc) is 3.51. The average molecular weight is 477 g/mol. The zero-order valence-electron chi connectivity index (χ0n) is 19.8. The largest absolute Gasteiger partial charge is 0.355 e. The summed E-state index contributed by atoms with van der Waals surface area (Å²) in [6.45, 7) is 5.86. The fourth-order valence-electron chi connectivity index (χ4n) is 5.57. The number of rotatable bonds is 5. The van der Waals surface area contributed by atoms with Gasteiger partial charge >= 0.3 is 0 Å². The van der Waals surface area contributed by atoms with Gasteiger partial charge in [0, 0.05) is 49.5 Å². The van der Waals surface area contributed by atoms with E-state index in [0.29, 0.717) is 13.0 Å². The first-order chi connectivity index (χ1) is 16.3. The molecule has 5 rings (SSSR count). The number of nitrogens with one attached hydrogen (secondary N) is 1. The number of amides is 1. The molecule has 9 nitrogen and oxygen atoms in total. The van der Waals surface area contributed by atoms with Crippen LogP contribution in [0.2, 0.25) is 0 Å². The molecule has 0 radical (unpaired) electrons. The first-order valence-corrected chi connectivity index (χ1v) is 12.3.